The number of rotatable bonds is 7. The predicted octanol–water partition coefficient (Wildman–Crippen LogP) is 18.8. The SMILES string of the molecule is CC(=Nc1cc(-c2cc(C(F)(F)F)cc(C(F)(F)F)c2)c(C)c(-c2cc(C(F)(F)F)cc(C(F)(F)F)c2)c1)c1cccc(C(C)=Nc2c(C)cc(-c3cc(C(F)(F)F)cc(C(F)(F)F)c3)cc2C)n1.[Cl][Fe][Cl]. The van der Waals surface area contributed by atoms with Gasteiger partial charge in [-0.2, -0.15) is 79.0 Å². The molecule has 24 heteroatoms. The molecule has 0 aliphatic heterocycles. The average Bonchev–Trinajstić information content (AvgIpc) is 3.26. The van der Waals surface area contributed by atoms with E-state index in [1.165, 1.54) is 58.0 Å². The van der Waals surface area contributed by atoms with Crippen molar-refractivity contribution in [3.63, 3.8) is 0 Å². The Morgan fingerprint density at radius 1 is 0.417 bits per heavy atom. The Morgan fingerprint density at radius 3 is 1.00 bits per heavy atom. The van der Waals surface area contributed by atoms with Crippen LogP contribution in [-0.2, 0) is 50.2 Å². The van der Waals surface area contributed by atoms with Gasteiger partial charge in [0.2, 0.25) is 0 Å². The Hall–Kier alpha value is -5.57. The molecule has 0 saturated carbocycles. The third kappa shape index (κ3) is 13.9. The first-order valence-electron chi connectivity index (χ1n) is 20.0. The van der Waals surface area contributed by atoms with Gasteiger partial charge >= 0.3 is 70.4 Å². The van der Waals surface area contributed by atoms with E-state index in [2.05, 4.69) is 15.0 Å². The number of halogens is 20. The molecule has 5 aromatic carbocycles. The second-order valence-corrected chi connectivity index (χ2v) is 17.7. The molecule has 0 amide bonds. The number of aryl methyl sites for hydroxylation is 2. The number of benzene rings is 5. The summed E-state index contributed by atoms with van der Waals surface area (Å²) < 4.78 is 249. The van der Waals surface area contributed by atoms with Crippen LogP contribution in [0.2, 0.25) is 0 Å². The van der Waals surface area contributed by atoms with Gasteiger partial charge in [-0.3, -0.25) is 9.98 Å². The van der Waals surface area contributed by atoms with Crippen LogP contribution in [0, 0.1) is 20.8 Å². The topological polar surface area (TPSA) is 37.6 Å². The van der Waals surface area contributed by atoms with Crippen LogP contribution < -0.4 is 0 Å². The molecule has 0 N–H and O–H groups in total. The van der Waals surface area contributed by atoms with Crippen molar-refractivity contribution in [3.8, 4) is 33.4 Å². The summed E-state index contributed by atoms with van der Waals surface area (Å²) in [6, 6.07) is 11.3. The van der Waals surface area contributed by atoms with E-state index in [0.717, 1.165) is 19.1 Å². The molecule has 0 aliphatic rings. The first-order chi connectivity index (χ1) is 32.9. The van der Waals surface area contributed by atoms with Crippen LogP contribution in [0.1, 0.15) is 75.3 Å². The zero-order chi connectivity index (χ0) is 54.3. The zero-order valence-corrected chi connectivity index (χ0v) is 39.6. The van der Waals surface area contributed by atoms with Gasteiger partial charge in [0.25, 0.3) is 0 Å². The summed E-state index contributed by atoms with van der Waals surface area (Å²) >= 11 is 0.194. The normalized spacial score (nSPS) is 13.3. The maximum absolute atomic E-state index is 14.0. The van der Waals surface area contributed by atoms with Gasteiger partial charge in [-0.05, 0) is 176 Å². The van der Waals surface area contributed by atoms with E-state index in [9.17, 15) is 79.0 Å². The molecule has 0 unspecified atom stereocenters. The van der Waals surface area contributed by atoms with Gasteiger partial charge in [-0.25, -0.2) is 4.98 Å². The van der Waals surface area contributed by atoms with Crippen LogP contribution in [-0.4, -0.2) is 16.4 Å². The summed E-state index contributed by atoms with van der Waals surface area (Å²) in [5, 5.41) is 0. The average molecular weight is 1120 g/mol. The maximum atomic E-state index is 14.0. The number of nitrogens with zero attached hydrogens (tertiary/aromatic N) is 3. The van der Waals surface area contributed by atoms with E-state index < -0.39 is 92.7 Å². The van der Waals surface area contributed by atoms with Crippen LogP contribution >= 0.6 is 20.2 Å². The molecule has 72 heavy (non-hydrogen) atoms. The van der Waals surface area contributed by atoms with Gasteiger partial charge in [0, 0.05) is 0 Å². The van der Waals surface area contributed by atoms with Gasteiger partial charge in [0.1, 0.15) is 0 Å². The van der Waals surface area contributed by atoms with Crippen molar-refractivity contribution < 1.29 is 92.2 Å². The molecular weight excluding hydrogens is 1090 g/mol. The number of aliphatic imine (C=N–C) groups is 2. The van der Waals surface area contributed by atoms with Gasteiger partial charge in [-0.1, -0.05) is 6.07 Å². The van der Waals surface area contributed by atoms with Crippen LogP contribution in [0.4, 0.5) is 90.4 Å². The second-order valence-electron chi connectivity index (χ2n) is 15.9. The molecule has 1 aromatic heterocycles. The summed E-state index contributed by atoms with van der Waals surface area (Å²) in [5.74, 6) is 0. The van der Waals surface area contributed by atoms with Crippen LogP contribution in [0.5, 0.6) is 0 Å². The fourth-order valence-corrected chi connectivity index (χ4v) is 7.32. The fraction of sp³-hybridized carbons (Fsp3) is 0.229. The van der Waals surface area contributed by atoms with Crippen molar-refractivity contribution in [2.75, 3.05) is 0 Å². The summed E-state index contributed by atoms with van der Waals surface area (Å²) in [7, 11) is 9.53. The number of hydrogen-bond donors (Lipinski definition) is 0. The number of hydrogen-bond acceptors (Lipinski definition) is 3. The summed E-state index contributed by atoms with van der Waals surface area (Å²) in [5.41, 5.74) is -12.1. The second kappa shape index (κ2) is 21.1. The number of alkyl halides is 18. The standard InChI is InChI=1S/C48H31F18N3.2ClH.Fe/c1-22-9-27(28-11-31(43(49,50)51)17-32(12-28)44(52,53)54)10-23(2)42(22)68-26(5)41-8-6-7-40(69-41)25(4)67-37-20-38(29-13-33(45(55,56)57)18-34(14-29)46(58,59)60)24(3)39(21-37)30-15-35(47(61,62)63)19-36(16-30)48(64,65)66;;;/h6-21H,1-5H3;2*1H;/q;;;+2/p-2. The van der Waals surface area contributed by atoms with Gasteiger partial charge in [0.15, 0.2) is 0 Å². The third-order valence-electron chi connectivity index (χ3n) is 10.7. The molecule has 0 atom stereocenters. The van der Waals surface area contributed by atoms with Crippen molar-refractivity contribution >= 4 is 43.0 Å². The summed E-state index contributed by atoms with van der Waals surface area (Å²) in [6.45, 7) is 6.96. The molecule has 0 aliphatic carbocycles. The van der Waals surface area contributed by atoms with Crippen molar-refractivity contribution in [1.29, 1.82) is 0 Å². The molecule has 6 aromatic rings. The molecular formula is C48H31Cl2F18FeN3. The minimum atomic E-state index is -5.34. The van der Waals surface area contributed by atoms with Gasteiger partial charge in [0.05, 0.1) is 67.6 Å². The Balaban J connectivity index is 0.00000313. The third-order valence-corrected chi connectivity index (χ3v) is 10.7. The Bertz CT molecular complexity index is 2840. The molecule has 0 saturated heterocycles. The molecule has 0 fully saturated rings. The molecule has 3 nitrogen and oxygen atoms in total. The summed E-state index contributed by atoms with van der Waals surface area (Å²) in [6.07, 6.45) is -31.5. The summed E-state index contributed by atoms with van der Waals surface area (Å²) in [4.78, 5) is 13.5. The Morgan fingerprint density at radius 2 is 0.694 bits per heavy atom. The van der Waals surface area contributed by atoms with Crippen molar-refractivity contribution in [3.05, 3.63) is 159 Å². The zero-order valence-electron chi connectivity index (χ0n) is 37.0. The van der Waals surface area contributed by atoms with E-state index >= 15 is 0 Å². The first kappa shape index (κ1) is 57.3. The van der Waals surface area contributed by atoms with Crippen LogP contribution in [0.25, 0.3) is 33.4 Å². The van der Waals surface area contributed by atoms with Crippen molar-refractivity contribution in [2.45, 2.75) is 71.7 Å². The molecule has 386 valence electrons. The Kier molecular flexibility index (Phi) is 16.8. The van der Waals surface area contributed by atoms with Crippen LogP contribution in [0.3, 0.4) is 0 Å². The number of aromatic nitrogens is 1. The van der Waals surface area contributed by atoms with E-state index in [0.29, 0.717) is 47.5 Å². The van der Waals surface area contributed by atoms with E-state index in [4.69, 9.17) is 20.2 Å². The number of pyridine rings is 1. The van der Waals surface area contributed by atoms with E-state index in [1.807, 2.05) is 0 Å². The van der Waals surface area contributed by atoms with Crippen molar-refractivity contribution in [1.82, 2.24) is 4.98 Å². The van der Waals surface area contributed by atoms with Gasteiger partial charge in [-0.15, -0.1) is 0 Å². The first-order valence-corrected chi connectivity index (χ1v) is 23.0. The monoisotopic (exact) mass is 1120 g/mol. The minimum absolute atomic E-state index is 0.00159. The fourth-order valence-electron chi connectivity index (χ4n) is 7.32. The van der Waals surface area contributed by atoms with Gasteiger partial charge < -0.3 is 0 Å². The van der Waals surface area contributed by atoms with Crippen LogP contribution in [0.15, 0.2) is 107 Å². The predicted molar refractivity (Wildman–Crippen MR) is 233 cm³/mol. The quantitative estimate of drug-likeness (QED) is 0.0892. The molecule has 0 bridgehead atoms. The van der Waals surface area contributed by atoms with E-state index in [1.54, 1.807) is 0 Å². The Labute approximate surface area is 412 Å². The molecule has 1 heterocycles. The molecule has 0 spiro atoms. The molecule has 6 rings (SSSR count). The molecule has 0 radical (unpaired) electrons. The van der Waals surface area contributed by atoms with Crippen molar-refractivity contribution in [2.24, 2.45) is 9.98 Å². The van der Waals surface area contributed by atoms with E-state index in [-0.39, 0.29) is 82.2 Å².